The molecule has 1 aromatic rings. The third-order valence-corrected chi connectivity index (χ3v) is 5.28. The van der Waals surface area contributed by atoms with E-state index < -0.39 is 0 Å². The van der Waals surface area contributed by atoms with E-state index in [2.05, 4.69) is 16.8 Å². The van der Waals surface area contributed by atoms with E-state index in [0.717, 1.165) is 41.7 Å². The lowest BCUT2D eigenvalue weighted by Crippen LogP contribution is -2.37. The fourth-order valence-electron chi connectivity index (χ4n) is 3.05. The van der Waals surface area contributed by atoms with Gasteiger partial charge in [-0.15, -0.1) is 0 Å². The average molecular weight is 330 g/mol. The average Bonchev–Trinajstić information content (AvgIpc) is 3.14. The molecule has 1 fully saturated rings. The first-order valence-electron chi connectivity index (χ1n) is 7.86. The Morgan fingerprint density at radius 1 is 1.35 bits per heavy atom. The van der Waals surface area contributed by atoms with Crippen LogP contribution in [-0.4, -0.2) is 35.9 Å². The van der Waals surface area contributed by atoms with Crippen LogP contribution in [0, 0.1) is 5.92 Å². The molecule has 120 valence electrons. The van der Waals surface area contributed by atoms with E-state index in [4.69, 9.17) is 9.47 Å². The molecule has 0 unspecified atom stereocenters. The van der Waals surface area contributed by atoms with Crippen molar-refractivity contribution >= 4 is 28.9 Å². The summed E-state index contributed by atoms with van der Waals surface area (Å²) in [6.07, 6.45) is 4.29. The molecule has 0 spiro atoms. The Morgan fingerprint density at radius 2 is 2.22 bits per heavy atom. The molecule has 4 rings (SSSR count). The van der Waals surface area contributed by atoms with Crippen molar-refractivity contribution in [1.82, 2.24) is 4.90 Å². The summed E-state index contributed by atoms with van der Waals surface area (Å²) >= 11 is 1.47. The topological polar surface area (TPSA) is 51.1 Å². The van der Waals surface area contributed by atoms with Gasteiger partial charge in [-0.05, 0) is 54.3 Å². The largest absolute Gasteiger partial charge is 0.454 e. The van der Waals surface area contributed by atoms with E-state index in [0.29, 0.717) is 10.8 Å². The van der Waals surface area contributed by atoms with Crippen molar-refractivity contribution in [2.24, 2.45) is 10.9 Å². The van der Waals surface area contributed by atoms with Gasteiger partial charge in [0.05, 0.1) is 4.91 Å². The molecule has 6 heteroatoms. The molecular formula is C17H18N2O3S. The minimum atomic E-state index is -0.152. The zero-order chi connectivity index (χ0) is 15.8. The van der Waals surface area contributed by atoms with Crippen molar-refractivity contribution in [3.63, 3.8) is 0 Å². The maximum atomic E-state index is 12.2. The van der Waals surface area contributed by atoms with Crippen molar-refractivity contribution in [2.75, 3.05) is 19.9 Å². The number of nitrogens with zero attached hydrogens (tertiary/aromatic N) is 2. The SMILES string of the molecule is C[C@H]1CCCN(C2=NC(=O)/C(=C/c3ccc4c(c3)OCO4)S2)C1. The second-order valence-corrected chi connectivity index (χ2v) is 7.13. The fourth-order valence-corrected chi connectivity index (χ4v) is 4.00. The molecule has 0 aliphatic carbocycles. The smallest absolute Gasteiger partial charge is 0.286 e. The van der Waals surface area contributed by atoms with Gasteiger partial charge in [0, 0.05) is 13.1 Å². The van der Waals surface area contributed by atoms with E-state index >= 15 is 0 Å². The van der Waals surface area contributed by atoms with Crippen LogP contribution < -0.4 is 9.47 Å². The second kappa shape index (κ2) is 5.92. The number of likely N-dealkylation sites (tertiary alicyclic amines) is 1. The quantitative estimate of drug-likeness (QED) is 0.741. The number of thioether (sulfide) groups is 1. The molecule has 3 aliphatic heterocycles. The molecule has 0 saturated carbocycles. The highest BCUT2D eigenvalue weighted by atomic mass is 32.2. The highest BCUT2D eigenvalue weighted by molar-refractivity contribution is 8.18. The Hall–Kier alpha value is -1.95. The lowest BCUT2D eigenvalue weighted by molar-refractivity contribution is -0.113. The monoisotopic (exact) mass is 330 g/mol. The Balaban J connectivity index is 1.51. The van der Waals surface area contributed by atoms with Crippen molar-refractivity contribution in [3.05, 3.63) is 28.7 Å². The molecule has 1 aromatic carbocycles. The first-order chi connectivity index (χ1) is 11.2. The number of fused-ring (bicyclic) bond motifs is 1. The van der Waals surface area contributed by atoms with Gasteiger partial charge in [0.15, 0.2) is 16.7 Å². The molecule has 3 heterocycles. The molecule has 1 atom stereocenters. The standard InChI is InChI=1S/C17H18N2O3S/c1-11-3-2-6-19(9-11)17-18-16(20)15(23-17)8-12-4-5-13-14(7-12)22-10-21-13/h4-5,7-8,11H,2-3,6,9-10H2,1H3/b15-8-/t11-/m0/s1. The first kappa shape index (κ1) is 14.6. The molecule has 0 N–H and O–H groups in total. The Kier molecular flexibility index (Phi) is 3.77. The van der Waals surface area contributed by atoms with Gasteiger partial charge in [0.1, 0.15) is 0 Å². The highest BCUT2D eigenvalue weighted by Crippen LogP contribution is 2.36. The number of amides is 1. The van der Waals surface area contributed by atoms with Crippen molar-refractivity contribution in [1.29, 1.82) is 0 Å². The molecule has 1 saturated heterocycles. The predicted molar refractivity (Wildman–Crippen MR) is 90.5 cm³/mol. The number of hydrogen-bond donors (Lipinski definition) is 0. The molecule has 0 bridgehead atoms. The lowest BCUT2D eigenvalue weighted by Gasteiger charge is -2.31. The minimum absolute atomic E-state index is 0.152. The van der Waals surface area contributed by atoms with Crippen LogP contribution in [0.15, 0.2) is 28.1 Å². The van der Waals surface area contributed by atoms with Crippen molar-refractivity contribution in [2.45, 2.75) is 19.8 Å². The number of piperidine rings is 1. The van der Waals surface area contributed by atoms with E-state index in [9.17, 15) is 4.79 Å². The van der Waals surface area contributed by atoms with Crippen LogP contribution in [0.3, 0.4) is 0 Å². The second-order valence-electron chi connectivity index (χ2n) is 6.12. The van der Waals surface area contributed by atoms with E-state index in [1.54, 1.807) is 0 Å². The zero-order valence-electron chi connectivity index (χ0n) is 12.9. The van der Waals surface area contributed by atoms with Crippen LogP contribution in [0.25, 0.3) is 6.08 Å². The highest BCUT2D eigenvalue weighted by Gasteiger charge is 2.28. The van der Waals surface area contributed by atoms with Crippen LogP contribution in [0.4, 0.5) is 0 Å². The molecule has 3 aliphatic rings. The maximum absolute atomic E-state index is 12.2. The number of amidine groups is 1. The number of rotatable bonds is 1. The molecule has 0 radical (unpaired) electrons. The number of hydrogen-bond acceptors (Lipinski definition) is 5. The van der Waals surface area contributed by atoms with Gasteiger partial charge >= 0.3 is 0 Å². The summed E-state index contributed by atoms with van der Waals surface area (Å²) in [4.78, 5) is 19.3. The Bertz CT molecular complexity index is 714. The molecule has 23 heavy (non-hydrogen) atoms. The number of ether oxygens (including phenoxy) is 2. The van der Waals surface area contributed by atoms with Gasteiger partial charge in [-0.25, -0.2) is 0 Å². The summed E-state index contributed by atoms with van der Waals surface area (Å²) in [5, 5.41) is 0.841. The van der Waals surface area contributed by atoms with Gasteiger partial charge in [0.25, 0.3) is 5.91 Å². The summed E-state index contributed by atoms with van der Waals surface area (Å²) in [5.41, 5.74) is 0.925. The van der Waals surface area contributed by atoms with E-state index in [-0.39, 0.29) is 12.7 Å². The van der Waals surface area contributed by atoms with Gasteiger partial charge < -0.3 is 14.4 Å². The van der Waals surface area contributed by atoms with Gasteiger partial charge in [-0.3, -0.25) is 4.79 Å². The molecule has 5 nitrogen and oxygen atoms in total. The number of carbonyl (C=O) groups excluding carboxylic acids is 1. The zero-order valence-corrected chi connectivity index (χ0v) is 13.8. The van der Waals surface area contributed by atoms with Gasteiger partial charge in [-0.2, -0.15) is 4.99 Å². The van der Waals surface area contributed by atoms with Crippen molar-refractivity contribution < 1.29 is 14.3 Å². The normalized spacial score (nSPS) is 25.2. The number of benzene rings is 1. The first-order valence-corrected chi connectivity index (χ1v) is 8.68. The lowest BCUT2D eigenvalue weighted by atomic mass is 10.0. The summed E-state index contributed by atoms with van der Waals surface area (Å²) in [6, 6.07) is 5.69. The minimum Gasteiger partial charge on any atom is -0.454 e. The fraction of sp³-hybridized carbons (Fsp3) is 0.412. The van der Waals surface area contributed by atoms with Crippen LogP contribution in [0.1, 0.15) is 25.3 Å². The summed E-state index contributed by atoms with van der Waals surface area (Å²) in [7, 11) is 0. The molecular weight excluding hydrogens is 312 g/mol. The third-order valence-electron chi connectivity index (χ3n) is 4.23. The van der Waals surface area contributed by atoms with Gasteiger partial charge in [-0.1, -0.05) is 13.0 Å². The predicted octanol–water partition coefficient (Wildman–Crippen LogP) is 3.12. The van der Waals surface area contributed by atoms with Crippen LogP contribution in [-0.2, 0) is 4.79 Å². The van der Waals surface area contributed by atoms with Crippen LogP contribution >= 0.6 is 11.8 Å². The summed E-state index contributed by atoms with van der Waals surface area (Å²) < 4.78 is 10.7. The molecule has 1 amide bonds. The van der Waals surface area contributed by atoms with E-state index in [1.165, 1.54) is 18.2 Å². The molecule has 0 aromatic heterocycles. The van der Waals surface area contributed by atoms with E-state index in [1.807, 2.05) is 24.3 Å². The maximum Gasteiger partial charge on any atom is 0.286 e. The van der Waals surface area contributed by atoms with Crippen LogP contribution in [0.5, 0.6) is 11.5 Å². The van der Waals surface area contributed by atoms with Crippen molar-refractivity contribution in [3.8, 4) is 11.5 Å². The number of carbonyl (C=O) groups is 1. The van der Waals surface area contributed by atoms with Gasteiger partial charge in [0.2, 0.25) is 6.79 Å². The third kappa shape index (κ3) is 2.95. The summed E-state index contributed by atoms with van der Waals surface area (Å²) in [5.74, 6) is 1.97. The Morgan fingerprint density at radius 3 is 3.09 bits per heavy atom. The Labute approximate surface area is 139 Å². The summed E-state index contributed by atoms with van der Waals surface area (Å²) in [6.45, 7) is 4.47. The number of aliphatic imine (C=N–C) groups is 1. The van der Waals surface area contributed by atoms with Crippen LogP contribution in [0.2, 0.25) is 0 Å².